The first-order valence-corrected chi connectivity index (χ1v) is 7.29. The predicted molar refractivity (Wildman–Crippen MR) is 67.4 cm³/mol. The van der Waals surface area contributed by atoms with Crippen molar-refractivity contribution in [3.63, 3.8) is 0 Å². The monoisotopic (exact) mass is 248 g/mol. The van der Waals surface area contributed by atoms with E-state index in [4.69, 9.17) is 0 Å². The van der Waals surface area contributed by atoms with Gasteiger partial charge in [0.15, 0.2) is 5.82 Å². The second kappa shape index (κ2) is 3.53. The molecule has 1 aliphatic heterocycles. The van der Waals surface area contributed by atoms with Crippen LogP contribution in [0, 0.1) is 5.92 Å². The van der Waals surface area contributed by atoms with E-state index in [2.05, 4.69) is 26.8 Å². The Morgan fingerprint density at radius 2 is 2.35 bits per heavy atom. The lowest BCUT2D eigenvalue weighted by Crippen LogP contribution is -2.30. The summed E-state index contributed by atoms with van der Waals surface area (Å²) in [6.45, 7) is 3.20. The molecule has 5 heteroatoms. The summed E-state index contributed by atoms with van der Waals surface area (Å²) in [4.78, 5) is 7.17. The van der Waals surface area contributed by atoms with Crippen LogP contribution in [0.5, 0.6) is 0 Å². The van der Waals surface area contributed by atoms with Gasteiger partial charge in [-0.3, -0.25) is 0 Å². The van der Waals surface area contributed by atoms with E-state index in [0.29, 0.717) is 6.04 Å². The molecule has 1 N–H and O–H groups in total. The van der Waals surface area contributed by atoms with Crippen LogP contribution >= 0.6 is 11.3 Å². The van der Waals surface area contributed by atoms with E-state index in [0.717, 1.165) is 36.1 Å². The number of aromatic nitrogens is 3. The van der Waals surface area contributed by atoms with Gasteiger partial charge in [0.05, 0.1) is 5.69 Å². The molecule has 4 nitrogen and oxygen atoms in total. The minimum atomic E-state index is 0.581. The Bertz CT molecular complexity index is 566. The van der Waals surface area contributed by atoms with Gasteiger partial charge in [0, 0.05) is 30.3 Å². The Balaban J connectivity index is 1.86. The van der Waals surface area contributed by atoms with Gasteiger partial charge in [0.25, 0.3) is 0 Å². The topological polar surface area (TPSA) is 42.2 Å². The molecule has 3 heterocycles. The normalized spacial score (nSPS) is 24.2. The molecule has 90 valence electrons. The number of aryl methyl sites for hydroxylation is 1. The van der Waals surface area contributed by atoms with Gasteiger partial charge >= 0.3 is 0 Å². The van der Waals surface area contributed by atoms with Crippen LogP contribution in [0.15, 0.2) is 0 Å². The Labute approximate surface area is 104 Å². The van der Waals surface area contributed by atoms with Crippen molar-refractivity contribution >= 4 is 16.3 Å². The van der Waals surface area contributed by atoms with Crippen molar-refractivity contribution in [3.8, 4) is 0 Å². The summed E-state index contributed by atoms with van der Waals surface area (Å²) in [6, 6.07) is 0.581. The van der Waals surface area contributed by atoms with Crippen LogP contribution in [-0.2, 0) is 12.8 Å². The van der Waals surface area contributed by atoms with Crippen LogP contribution in [-0.4, -0.2) is 21.1 Å². The van der Waals surface area contributed by atoms with Crippen LogP contribution in [0.3, 0.4) is 0 Å². The quantitative estimate of drug-likeness (QED) is 0.883. The summed E-state index contributed by atoms with van der Waals surface area (Å²) in [5, 5.41) is 8.26. The fourth-order valence-electron chi connectivity index (χ4n) is 2.71. The zero-order valence-electron chi connectivity index (χ0n) is 9.94. The second-order valence-corrected chi connectivity index (χ2v) is 6.02. The molecule has 1 fully saturated rings. The summed E-state index contributed by atoms with van der Waals surface area (Å²) >= 11 is 1.84. The van der Waals surface area contributed by atoms with Crippen LogP contribution in [0.25, 0.3) is 4.96 Å². The molecule has 2 aromatic rings. The summed E-state index contributed by atoms with van der Waals surface area (Å²) < 4.78 is 2.09. The molecule has 4 rings (SSSR count). The summed E-state index contributed by atoms with van der Waals surface area (Å²) in [5.41, 5.74) is 1.41. The zero-order valence-corrected chi connectivity index (χ0v) is 10.8. The van der Waals surface area contributed by atoms with Crippen molar-refractivity contribution < 1.29 is 0 Å². The molecule has 1 saturated carbocycles. The highest BCUT2D eigenvalue weighted by molar-refractivity contribution is 7.17. The molecular weight excluding hydrogens is 232 g/mol. The van der Waals surface area contributed by atoms with E-state index in [-0.39, 0.29) is 0 Å². The molecule has 0 saturated heterocycles. The van der Waals surface area contributed by atoms with E-state index < -0.39 is 0 Å². The number of nitrogens with zero attached hydrogens (tertiary/aromatic N) is 3. The van der Waals surface area contributed by atoms with E-state index >= 15 is 0 Å². The van der Waals surface area contributed by atoms with Crippen LogP contribution in [0.2, 0.25) is 0 Å². The second-order valence-electron chi connectivity index (χ2n) is 5.01. The lowest BCUT2D eigenvalue weighted by molar-refractivity contribution is 0.458. The van der Waals surface area contributed by atoms with E-state index in [1.807, 2.05) is 11.3 Å². The SMILES string of the molecule is CCc1nc2sc3c(n2n1)CCNC3C1CC1. The lowest BCUT2D eigenvalue weighted by atomic mass is 10.0. The summed E-state index contributed by atoms with van der Waals surface area (Å²) in [6.07, 6.45) is 4.77. The highest BCUT2D eigenvalue weighted by Crippen LogP contribution is 2.45. The van der Waals surface area contributed by atoms with Crippen molar-refractivity contribution in [2.24, 2.45) is 5.92 Å². The molecule has 2 aromatic heterocycles. The minimum Gasteiger partial charge on any atom is -0.309 e. The molecule has 0 bridgehead atoms. The third-order valence-corrected chi connectivity index (χ3v) is 4.94. The number of thiazole rings is 1. The van der Waals surface area contributed by atoms with Gasteiger partial charge in [-0.1, -0.05) is 18.3 Å². The highest BCUT2D eigenvalue weighted by atomic mass is 32.1. The molecule has 0 spiro atoms. The van der Waals surface area contributed by atoms with Gasteiger partial charge in [0.1, 0.15) is 0 Å². The average molecular weight is 248 g/mol. The van der Waals surface area contributed by atoms with Gasteiger partial charge in [-0.05, 0) is 18.8 Å². The van der Waals surface area contributed by atoms with E-state index in [1.165, 1.54) is 23.4 Å². The number of hydrogen-bond acceptors (Lipinski definition) is 4. The average Bonchev–Trinajstić information content (AvgIpc) is 3.01. The van der Waals surface area contributed by atoms with Gasteiger partial charge < -0.3 is 5.32 Å². The molecular formula is C12H16N4S. The maximum Gasteiger partial charge on any atom is 0.212 e. The summed E-state index contributed by atoms with van der Waals surface area (Å²) in [5.74, 6) is 1.84. The minimum absolute atomic E-state index is 0.581. The van der Waals surface area contributed by atoms with E-state index in [1.54, 1.807) is 0 Å². The fourth-order valence-corrected chi connectivity index (χ4v) is 4.01. The Morgan fingerprint density at radius 1 is 1.47 bits per heavy atom. The predicted octanol–water partition coefficient (Wildman–Crippen LogP) is 1.95. The Kier molecular flexibility index (Phi) is 2.08. The zero-order chi connectivity index (χ0) is 11.4. The van der Waals surface area contributed by atoms with Gasteiger partial charge in [-0.15, -0.1) is 0 Å². The van der Waals surface area contributed by atoms with Crippen molar-refractivity contribution in [2.75, 3.05) is 6.54 Å². The number of hydrogen-bond donors (Lipinski definition) is 1. The lowest BCUT2D eigenvalue weighted by Gasteiger charge is -2.23. The standard InChI is InChI=1S/C12H16N4S/c1-2-9-14-12-16(15-9)8-5-6-13-10(7-3-4-7)11(8)17-12/h7,10,13H,2-6H2,1H3. The maximum absolute atomic E-state index is 4.61. The van der Waals surface area contributed by atoms with E-state index in [9.17, 15) is 0 Å². The third-order valence-electron chi connectivity index (χ3n) is 3.78. The van der Waals surface area contributed by atoms with Crippen molar-refractivity contribution in [3.05, 3.63) is 16.4 Å². The molecule has 17 heavy (non-hydrogen) atoms. The van der Waals surface area contributed by atoms with Crippen molar-refractivity contribution in [1.29, 1.82) is 0 Å². The molecule has 1 unspecified atom stereocenters. The molecule has 0 aromatic carbocycles. The first-order valence-electron chi connectivity index (χ1n) is 6.47. The van der Waals surface area contributed by atoms with Gasteiger partial charge in [-0.25, -0.2) is 9.50 Å². The van der Waals surface area contributed by atoms with Crippen LogP contribution in [0.4, 0.5) is 0 Å². The smallest absolute Gasteiger partial charge is 0.212 e. The molecule has 0 radical (unpaired) electrons. The van der Waals surface area contributed by atoms with Crippen LogP contribution < -0.4 is 5.32 Å². The number of nitrogens with one attached hydrogen (secondary N) is 1. The van der Waals surface area contributed by atoms with Gasteiger partial charge in [-0.2, -0.15) is 5.10 Å². The number of rotatable bonds is 2. The first-order chi connectivity index (χ1) is 8.36. The fraction of sp³-hybridized carbons (Fsp3) is 0.667. The molecule has 1 aliphatic carbocycles. The van der Waals surface area contributed by atoms with Crippen molar-refractivity contribution in [1.82, 2.24) is 19.9 Å². The largest absolute Gasteiger partial charge is 0.309 e. The summed E-state index contributed by atoms with van der Waals surface area (Å²) in [7, 11) is 0. The molecule has 0 amide bonds. The highest BCUT2D eigenvalue weighted by Gasteiger charge is 2.37. The maximum atomic E-state index is 4.61. The molecule has 1 atom stereocenters. The van der Waals surface area contributed by atoms with Gasteiger partial charge in [0.2, 0.25) is 4.96 Å². The third kappa shape index (κ3) is 1.45. The first kappa shape index (κ1) is 10.0. The number of fused-ring (bicyclic) bond motifs is 3. The van der Waals surface area contributed by atoms with Crippen molar-refractivity contribution in [2.45, 2.75) is 38.6 Å². The molecule has 2 aliphatic rings. The van der Waals surface area contributed by atoms with Crippen LogP contribution in [0.1, 0.15) is 42.2 Å². The Morgan fingerprint density at radius 3 is 3.12 bits per heavy atom. The Hall–Kier alpha value is -0.940.